The van der Waals surface area contributed by atoms with Crippen molar-refractivity contribution in [3.05, 3.63) is 23.0 Å². The normalized spacial score (nSPS) is 16.7. The molecule has 1 saturated heterocycles. The van der Waals surface area contributed by atoms with Gasteiger partial charge < -0.3 is 16.8 Å². The summed E-state index contributed by atoms with van der Waals surface area (Å²) in [4.78, 5) is 4.02. The van der Waals surface area contributed by atoms with Crippen molar-refractivity contribution in [3.63, 3.8) is 0 Å². The van der Waals surface area contributed by atoms with Crippen LogP contribution in [0.5, 0.6) is 0 Å². The molecule has 0 aromatic carbocycles. The fraction of sp³-hybridized carbons (Fsp3) is 0.333. The van der Waals surface area contributed by atoms with Crippen LogP contribution in [-0.4, -0.2) is 35.1 Å². The number of hydrogen-bond donors (Lipinski definition) is 4. The summed E-state index contributed by atoms with van der Waals surface area (Å²) < 4.78 is 0. The molecule has 1 aliphatic heterocycles. The highest BCUT2D eigenvalue weighted by molar-refractivity contribution is 6.29. The number of aromatic nitrogens is 1. The van der Waals surface area contributed by atoms with Crippen molar-refractivity contribution in [2.45, 2.75) is 6.04 Å². The summed E-state index contributed by atoms with van der Waals surface area (Å²) in [6, 6.07) is 3.36. The molecule has 0 saturated carbocycles. The fourth-order valence-corrected chi connectivity index (χ4v) is 1.51. The van der Waals surface area contributed by atoms with Crippen LogP contribution in [0.1, 0.15) is 5.69 Å². The Labute approximate surface area is 104 Å². The van der Waals surface area contributed by atoms with Crippen LogP contribution in [0, 0.1) is 0 Å². The molecule has 0 unspecified atom stereocenters. The van der Waals surface area contributed by atoms with E-state index in [1.54, 1.807) is 12.1 Å². The summed E-state index contributed by atoms with van der Waals surface area (Å²) >= 11 is 5.77. The standard InChI is InChI=1S/C9H14ClN7/c10-7-2-1-6(11)8(15-7)9(12)16-17(13)5-3-14-4-5/h1-2,5,14H,3-4,11,13H2,(H2,12,16). The summed E-state index contributed by atoms with van der Waals surface area (Å²) in [5, 5.41) is 8.74. The van der Waals surface area contributed by atoms with Crippen molar-refractivity contribution in [3.8, 4) is 0 Å². The zero-order valence-electron chi connectivity index (χ0n) is 9.10. The number of nitrogen functional groups attached to an aromatic ring is 1. The Bertz CT molecular complexity index is 443. The zero-order chi connectivity index (χ0) is 12.4. The van der Waals surface area contributed by atoms with Crippen molar-refractivity contribution in [1.29, 1.82) is 0 Å². The summed E-state index contributed by atoms with van der Waals surface area (Å²) in [5.41, 5.74) is 12.3. The van der Waals surface area contributed by atoms with Crippen LogP contribution in [0.15, 0.2) is 17.2 Å². The van der Waals surface area contributed by atoms with Gasteiger partial charge in [0.15, 0.2) is 5.84 Å². The number of nitrogens with one attached hydrogen (secondary N) is 1. The number of nitrogens with two attached hydrogens (primary N) is 3. The van der Waals surface area contributed by atoms with Crippen molar-refractivity contribution in [2.75, 3.05) is 18.8 Å². The quantitative estimate of drug-likeness (QED) is 0.182. The first-order valence-electron chi connectivity index (χ1n) is 5.09. The molecule has 0 spiro atoms. The molecule has 0 atom stereocenters. The van der Waals surface area contributed by atoms with Crippen LogP contribution in [0.4, 0.5) is 5.69 Å². The molecule has 17 heavy (non-hydrogen) atoms. The Kier molecular flexibility index (Phi) is 3.32. The topological polar surface area (TPSA) is 119 Å². The van der Waals surface area contributed by atoms with E-state index in [4.69, 9.17) is 28.9 Å². The number of nitrogens with zero attached hydrogens (tertiary/aromatic N) is 3. The van der Waals surface area contributed by atoms with Gasteiger partial charge in [0.1, 0.15) is 10.8 Å². The van der Waals surface area contributed by atoms with Crippen molar-refractivity contribution in [2.24, 2.45) is 16.7 Å². The molecule has 2 rings (SSSR count). The van der Waals surface area contributed by atoms with Gasteiger partial charge in [-0.1, -0.05) is 11.6 Å². The molecule has 1 fully saturated rings. The zero-order valence-corrected chi connectivity index (χ0v) is 9.85. The van der Waals surface area contributed by atoms with Crippen LogP contribution >= 0.6 is 11.6 Å². The second kappa shape index (κ2) is 4.74. The fourth-order valence-electron chi connectivity index (χ4n) is 1.37. The first-order chi connectivity index (χ1) is 8.08. The lowest BCUT2D eigenvalue weighted by Gasteiger charge is -2.32. The van der Waals surface area contributed by atoms with Gasteiger partial charge in [-0.15, -0.1) is 5.10 Å². The molecule has 0 amide bonds. The Morgan fingerprint density at radius 1 is 1.53 bits per heavy atom. The van der Waals surface area contributed by atoms with Gasteiger partial charge >= 0.3 is 0 Å². The minimum atomic E-state index is 0.147. The van der Waals surface area contributed by atoms with E-state index in [1.807, 2.05) is 0 Å². The monoisotopic (exact) mass is 255 g/mol. The Morgan fingerprint density at radius 2 is 2.24 bits per heavy atom. The summed E-state index contributed by atoms with van der Waals surface area (Å²) in [5.74, 6) is 5.88. The molecule has 1 aromatic heterocycles. The number of rotatable bonds is 3. The molecule has 1 aromatic rings. The second-order valence-electron chi connectivity index (χ2n) is 3.75. The first-order valence-corrected chi connectivity index (χ1v) is 5.47. The molecule has 7 nitrogen and oxygen atoms in total. The molecule has 0 bridgehead atoms. The average Bonchev–Trinajstić information content (AvgIpc) is 2.18. The number of hydrazone groups is 1. The average molecular weight is 256 g/mol. The number of amidine groups is 1. The number of pyridine rings is 1. The van der Waals surface area contributed by atoms with E-state index in [2.05, 4.69) is 15.4 Å². The van der Waals surface area contributed by atoms with E-state index in [0.717, 1.165) is 13.1 Å². The van der Waals surface area contributed by atoms with E-state index in [9.17, 15) is 0 Å². The maximum absolute atomic E-state index is 5.79. The highest BCUT2D eigenvalue weighted by Crippen LogP contribution is 2.13. The maximum Gasteiger partial charge on any atom is 0.173 e. The van der Waals surface area contributed by atoms with Gasteiger partial charge in [0.25, 0.3) is 0 Å². The summed E-state index contributed by atoms with van der Waals surface area (Å²) in [6.45, 7) is 1.57. The van der Waals surface area contributed by atoms with Gasteiger partial charge in [-0.25, -0.2) is 15.9 Å². The van der Waals surface area contributed by atoms with Crippen LogP contribution < -0.4 is 22.6 Å². The third kappa shape index (κ3) is 2.57. The van der Waals surface area contributed by atoms with E-state index < -0.39 is 0 Å². The maximum atomic E-state index is 5.79. The smallest absolute Gasteiger partial charge is 0.173 e. The van der Waals surface area contributed by atoms with Gasteiger partial charge in [-0.2, -0.15) is 0 Å². The van der Waals surface area contributed by atoms with Crippen molar-refractivity contribution >= 4 is 23.1 Å². The molecular formula is C9H14ClN7. The number of halogens is 1. The highest BCUT2D eigenvalue weighted by atomic mass is 35.5. The minimum absolute atomic E-state index is 0.147. The molecule has 2 heterocycles. The molecule has 1 aliphatic rings. The van der Waals surface area contributed by atoms with E-state index >= 15 is 0 Å². The van der Waals surface area contributed by atoms with Gasteiger partial charge in [-0.3, -0.25) is 0 Å². The van der Waals surface area contributed by atoms with Crippen LogP contribution in [0.25, 0.3) is 0 Å². The minimum Gasteiger partial charge on any atom is -0.397 e. The Balaban J connectivity index is 2.19. The Morgan fingerprint density at radius 3 is 2.82 bits per heavy atom. The van der Waals surface area contributed by atoms with Crippen molar-refractivity contribution in [1.82, 2.24) is 15.4 Å². The molecule has 92 valence electrons. The predicted molar refractivity (Wildman–Crippen MR) is 67.1 cm³/mol. The summed E-state index contributed by atoms with van der Waals surface area (Å²) in [7, 11) is 0. The van der Waals surface area contributed by atoms with E-state index in [1.165, 1.54) is 5.12 Å². The van der Waals surface area contributed by atoms with Gasteiger partial charge in [-0.05, 0) is 12.1 Å². The molecule has 0 radical (unpaired) electrons. The largest absolute Gasteiger partial charge is 0.397 e. The van der Waals surface area contributed by atoms with Crippen molar-refractivity contribution < 1.29 is 0 Å². The van der Waals surface area contributed by atoms with Crippen LogP contribution in [0.2, 0.25) is 5.15 Å². The lowest BCUT2D eigenvalue weighted by atomic mass is 10.2. The van der Waals surface area contributed by atoms with E-state index in [0.29, 0.717) is 16.5 Å². The number of hydrogen-bond acceptors (Lipinski definition) is 6. The van der Waals surface area contributed by atoms with Gasteiger partial charge in [0.2, 0.25) is 0 Å². The third-order valence-corrected chi connectivity index (χ3v) is 2.70. The lowest BCUT2D eigenvalue weighted by molar-refractivity contribution is 0.153. The van der Waals surface area contributed by atoms with Crippen LogP contribution in [0.3, 0.4) is 0 Å². The highest BCUT2D eigenvalue weighted by Gasteiger charge is 2.22. The van der Waals surface area contributed by atoms with E-state index in [-0.39, 0.29) is 11.9 Å². The molecule has 7 N–H and O–H groups in total. The summed E-state index contributed by atoms with van der Waals surface area (Å²) in [6.07, 6.45) is 0. The molecular weight excluding hydrogens is 242 g/mol. The first kappa shape index (κ1) is 11.9. The SMILES string of the molecule is N/C(=N\N(N)C1CNC1)c1nc(Cl)ccc1N. The second-order valence-corrected chi connectivity index (χ2v) is 4.14. The van der Waals surface area contributed by atoms with Gasteiger partial charge in [0.05, 0.1) is 11.7 Å². The third-order valence-electron chi connectivity index (χ3n) is 2.49. The Hall–Kier alpha value is -1.57. The number of hydrazine groups is 1. The molecule has 8 heteroatoms. The predicted octanol–water partition coefficient (Wildman–Crippen LogP) is -0.915. The lowest BCUT2D eigenvalue weighted by Crippen LogP contribution is -2.58. The van der Waals surface area contributed by atoms with Crippen LogP contribution in [-0.2, 0) is 0 Å². The molecule has 0 aliphatic carbocycles. The number of anilines is 1. The van der Waals surface area contributed by atoms with Gasteiger partial charge in [0, 0.05) is 13.1 Å².